The number of hydrogen-bond acceptors (Lipinski definition) is 1. The Labute approximate surface area is 109 Å². The molecule has 0 aliphatic heterocycles. The van der Waals surface area contributed by atoms with Gasteiger partial charge in [0.2, 0.25) is 0 Å². The van der Waals surface area contributed by atoms with Crippen molar-refractivity contribution in [1.29, 1.82) is 0 Å². The summed E-state index contributed by atoms with van der Waals surface area (Å²) in [5.41, 5.74) is 2.59. The van der Waals surface area contributed by atoms with E-state index in [1.54, 1.807) is 0 Å². The molecule has 0 atom stereocenters. The molecule has 0 bridgehead atoms. The van der Waals surface area contributed by atoms with Crippen LogP contribution in [0.25, 0.3) is 0 Å². The van der Waals surface area contributed by atoms with Crippen molar-refractivity contribution in [3.8, 4) is 0 Å². The van der Waals surface area contributed by atoms with Crippen LogP contribution in [0.3, 0.4) is 0 Å². The van der Waals surface area contributed by atoms with E-state index < -0.39 is 0 Å². The van der Waals surface area contributed by atoms with Crippen LogP contribution < -0.4 is 5.32 Å². The third kappa shape index (κ3) is 12.9. The highest BCUT2D eigenvalue weighted by atomic mass is 14.8. The van der Waals surface area contributed by atoms with Crippen LogP contribution in [0.5, 0.6) is 0 Å². The van der Waals surface area contributed by atoms with Gasteiger partial charge in [-0.05, 0) is 24.6 Å². The van der Waals surface area contributed by atoms with E-state index in [9.17, 15) is 0 Å². The Balaban J connectivity index is -0.000000439. The fourth-order valence-electron chi connectivity index (χ4n) is 1.21. The van der Waals surface area contributed by atoms with E-state index in [-0.39, 0.29) is 0 Å². The molecule has 0 heterocycles. The minimum absolute atomic E-state index is 0.875. The minimum Gasteiger partial charge on any atom is -0.316 e. The smallest absolute Gasteiger partial charge is 0.0205 e. The van der Waals surface area contributed by atoms with Crippen molar-refractivity contribution in [1.82, 2.24) is 5.32 Å². The predicted molar refractivity (Wildman–Crippen MR) is 83.5 cm³/mol. The Kier molecular flexibility index (Phi) is 25.4. The van der Waals surface area contributed by atoms with Crippen LogP contribution in [-0.4, -0.2) is 13.6 Å². The van der Waals surface area contributed by atoms with Crippen LogP contribution in [0.4, 0.5) is 0 Å². The lowest BCUT2D eigenvalue weighted by Gasteiger charge is -2.08. The maximum absolute atomic E-state index is 3.70. The second-order valence-corrected chi connectivity index (χ2v) is 2.74. The van der Waals surface area contributed by atoms with Gasteiger partial charge in [0.25, 0.3) is 0 Å². The van der Waals surface area contributed by atoms with E-state index >= 15 is 0 Å². The Bertz CT molecular complexity index is 222. The molecule has 0 amide bonds. The van der Waals surface area contributed by atoms with Gasteiger partial charge in [-0.1, -0.05) is 72.1 Å². The summed E-state index contributed by atoms with van der Waals surface area (Å²) >= 11 is 0. The summed E-state index contributed by atoms with van der Waals surface area (Å²) in [4.78, 5) is 0. The molecular weight excluding hydrogens is 206 g/mol. The number of rotatable bonds is 6. The molecule has 1 N–H and O–H groups in total. The summed E-state index contributed by atoms with van der Waals surface area (Å²) in [6.45, 7) is 18.4. The van der Waals surface area contributed by atoms with E-state index in [0.717, 1.165) is 13.0 Å². The van der Waals surface area contributed by atoms with E-state index in [1.807, 2.05) is 59.0 Å². The van der Waals surface area contributed by atoms with Gasteiger partial charge < -0.3 is 5.32 Å². The van der Waals surface area contributed by atoms with Gasteiger partial charge in [0.05, 0.1) is 0 Å². The molecule has 0 aromatic rings. The molecule has 0 saturated heterocycles. The highest BCUT2D eigenvalue weighted by molar-refractivity contribution is 5.36. The summed E-state index contributed by atoms with van der Waals surface area (Å²) in [5, 5.41) is 3.13. The Morgan fingerprint density at radius 3 is 1.65 bits per heavy atom. The highest BCUT2D eigenvalue weighted by Crippen LogP contribution is 2.13. The average molecular weight is 237 g/mol. The van der Waals surface area contributed by atoms with Crippen molar-refractivity contribution in [3.05, 3.63) is 48.6 Å². The number of nitrogens with one attached hydrogen (secondary N) is 1. The van der Waals surface area contributed by atoms with Gasteiger partial charge in [-0.2, -0.15) is 0 Å². The van der Waals surface area contributed by atoms with Crippen molar-refractivity contribution in [2.24, 2.45) is 0 Å². The van der Waals surface area contributed by atoms with Crippen molar-refractivity contribution >= 4 is 0 Å². The quantitative estimate of drug-likeness (QED) is 0.648. The largest absolute Gasteiger partial charge is 0.316 e. The molecule has 0 saturated carbocycles. The van der Waals surface area contributed by atoms with Crippen LogP contribution in [-0.2, 0) is 0 Å². The van der Waals surface area contributed by atoms with Gasteiger partial charge in [-0.15, -0.1) is 0 Å². The molecule has 0 radical (unpaired) electrons. The monoisotopic (exact) mass is 237 g/mol. The zero-order valence-corrected chi connectivity index (χ0v) is 12.6. The molecule has 0 fully saturated rings. The molecule has 1 heteroatoms. The molecule has 1 nitrogen and oxygen atoms in total. The van der Waals surface area contributed by atoms with E-state index in [1.165, 1.54) is 11.1 Å². The Morgan fingerprint density at radius 2 is 1.35 bits per heavy atom. The first-order chi connectivity index (χ1) is 8.29. The zero-order chi connectivity index (χ0) is 14.1. The molecule has 0 aromatic heterocycles. The third-order valence-corrected chi connectivity index (χ3v) is 1.80. The van der Waals surface area contributed by atoms with Crippen LogP contribution >= 0.6 is 0 Å². The minimum atomic E-state index is 0.875. The van der Waals surface area contributed by atoms with Gasteiger partial charge in [-0.25, -0.2) is 0 Å². The lowest BCUT2D eigenvalue weighted by atomic mass is 10.0. The molecule has 0 aliphatic carbocycles. The molecule has 100 valence electrons. The second kappa shape index (κ2) is 20.3. The zero-order valence-electron chi connectivity index (χ0n) is 12.6. The van der Waals surface area contributed by atoms with Gasteiger partial charge in [0, 0.05) is 6.54 Å². The first kappa shape index (κ1) is 21.2. The summed E-state index contributed by atoms with van der Waals surface area (Å²) in [5.74, 6) is 0. The van der Waals surface area contributed by atoms with Crippen LogP contribution in [0, 0.1) is 0 Å². The summed E-state index contributed by atoms with van der Waals surface area (Å²) in [7, 11) is 1.94. The molecule has 0 spiro atoms. The first-order valence-corrected chi connectivity index (χ1v) is 6.58. The third-order valence-electron chi connectivity index (χ3n) is 1.80. The summed E-state index contributed by atoms with van der Waals surface area (Å²) in [6, 6.07) is 0. The fraction of sp³-hybridized carbons (Fsp3) is 0.500. The molecule has 17 heavy (non-hydrogen) atoms. The molecule has 0 unspecified atom stereocenters. The Hall–Kier alpha value is -1.08. The second-order valence-electron chi connectivity index (χ2n) is 2.74. The first-order valence-electron chi connectivity index (χ1n) is 6.58. The highest BCUT2D eigenvalue weighted by Gasteiger charge is 1.99. The van der Waals surface area contributed by atoms with Gasteiger partial charge in [0.1, 0.15) is 0 Å². The van der Waals surface area contributed by atoms with Gasteiger partial charge in [0.15, 0.2) is 0 Å². The topological polar surface area (TPSA) is 12.0 Å². The fourth-order valence-corrected chi connectivity index (χ4v) is 1.21. The van der Waals surface area contributed by atoms with E-state index in [0.29, 0.717) is 0 Å². The van der Waals surface area contributed by atoms with Crippen molar-refractivity contribution in [3.63, 3.8) is 0 Å². The van der Waals surface area contributed by atoms with Crippen molar-refractivity contribution < 1.29 is 0 Å². The van der Waals surface area contributed by atoms with Gasteiger partial charge >= 0.3 is 0 Å². The standard InChI is InChI=1S/C12H19N.2C2H6/c1-5-8-11(7-3)12(9-6-2)10-13-4;2*1-2/h5-6,8-9,13H,1-2,7,10H2,3-4H3;2*1-2H3/b11-8-,12-9-;;. The van der Waals surface area contributed by atoms with E-state index in [2.05, 4.69) is 25.4 Å². The summed E-state index contributed by atoms with van der Waals surface area (Å²) < 4.78 is 0. The average Bonchev–Trinajstić information content (AvgIpc) is 2.40. The number of hydrogen-bond donors (Lipinski definition) is 1. The number of likely N-dealkylation sites (N-methyl/N-ethyl adjacent to an activating group) is 1. The maximum atomic E-state index is 3.70. The normalized spacial score (nSPS) is 10.5. The molecule has 0 aliphatic rings. The van der Waals surface area contributed by atoms with Crippen LogP contribution in [0.2, 0.25) is 0 Å². The Morgan fingerprint density at radius 1 is 0.941 bits per heavy atom. The van der Waals surface area contributed by atoms with Crippen molar-refractivity contribution in [2.45, 2.75) is 41.0 Å². The molecular formula is C16H31N. The van der Waals surface area contributed by atoms with Gasteiger partial charge in [-0.3, -0.25) is 0 Å². The van der Waals surface area contributed by atoms with Crippen LogP contribution in [0.1, 0.15) is 41.0 Å². The maximum Gasteiger partial charge on any atom is 0.0205 e. The van der Waals surface area contributed by atoms with E-state index in [4.69, 9.17) is 0 Å². The lowest BCUT2D eigenvalue weighted by molar-refractivity contribution is 0.873. The molecule has 0 rings (SSSR count). The SMILES string of the molecule is C=C/C=C(CC)\C(=C/C=C)CNC.CC.CC. The van der Waals surface area contributed by atoms with Crippen LogP contribution in [0.15, 0.2) is 48.6 Å². The predicted octanol–water partition coefficient (Wildman–Crippen LogP) is 4.89. The lowest BCUT2D eigenvalue weighted by Crippen LogP contribution is -2.11. The number of allylic oxidation sites excluding steroid dienone is 4. The molecule has 0 aromatic carbocycles. The summed E-state index contributed by atoms with van der Waals surface area (Å²) in [6.07, 6.45) is 8.75. The van der Waals surface area contributed by atoms with Crippen molar-refractivity contribution in [2.75, 3.05) is 13.6 Å².